The van der Waals surface area contributed by atoms with E-state index >= 15 is 0 Å². The number of ether oxygens (including phenoxy) is 1. The van der Waals surface area contributed by atoms with E-state index in [-0.39, 0.29) is 27.9 Å². The van der Waals surface area contributed by atoms with Crippen molar-refractivity contribution >= 4 is 33.6 Å². The number of hydrogen-bond acceptors (Lipinski definition) is 6. The summed E-state index contributed by atoms with van der Waals surface area (Å²) in [4.78, 5) is 12.3. The van der Waals surface area contributed by atoms with E-state index < -0.39 is 10.1 Å². The van der Waals surface area contributed by atoms with E-state index in [4.69, 9.17) is 24.9 Å². The molecule has 0 spiro atoms. The molecule has 8 heteroatoms. The molecule has 1 aliphatic heterocycles. The number of carbonyl (C=O) groups excluding carboxylic acids is 1. The maximum Gasteiger partial charge on any atom is 0.339 e. The van der Waals surface area contributed by atoms with Gasteiger partial charge < -0.3 is 13.3 Å². The van der Waals surface area contributed by atoms with Crippen LogP contribution in [0, 0.1) is 0 Å². The number of rotatable bonds is 4. The first-order valence-corrected chi connectivity index (χ1v) is 9.53. The van der Waals surface area contributed by atoms with Gasteiger partial charge in [0.1, 0.15) is 22.2 Å². The number of fused-ring (bicyclic) bond motifs is 1. The predicted molar refractivity (Wildman–Crippen MR) is 97.4 cm³/mol. The van der Waals surface area contributed by atoms with Gasteiger partial charge >= 0.3 is 10.1 Å². The van der Waals surface area contributed by atoms with Crippen LogP contribution in [-0.2, 0) is 10.1 Å². The average molecular weight is 403 g/mol. The van der Waals surface area contributed by atoms with Crippen molar-refractivity contribution < 1.29 is 26.5 Å². The van der Waals surface area contributed by atoms with Crippen molar-refractivity contribution in [3.8, 4) is 11.5 Å². The monoisotopic (exact) mass is 402 g/mol. The highest BCUT2D eigenvalue weighted by Gasteiger charge is 2.29. The second kappa shape index (κ2) is 6.61. The molecule has 0 aliphatic carbocycles. The predicted octanol–water partition coefficient (Wildman–Crippen LogP) is 4.32. The summed E-state index contributed by atoms with van der Waals surface area (Å²) in [6.45, 7) is 0. The number of benzene rings is 2. The van der Waals surface area contributed by atoms with Gasteiger partial charge in [0, 0.05) is 17.2 Å². The maximum absolute atomic E-state index is 12.4. The van der Waals surface area contributed by atoms with Gasteiger partial charge in [0.2, 0.25) is 5.78 Å². The van der Waals surface area contributed by atoms with Crippen LogP contribution in [0.4, 0.5) is 0 Å². The zero-order valence-electron chi connectivity index (χ0n) is 13.6. The number of ketones is 1. The van der Waals surface area contributed by atoms with Gasteiger partial charge in [-0.25, -0.2) is 0 Å². The minimum Gasteiger partial charge on any atom is -0.465 e. The molecule has 3 aromatic rings. The number of carbonyl (C=O) groups is 1. The van der Waals surface area contributed by atoms with E-state index in [9.17, 15) is 13.2 Å². The van der Waals surface area contributed by atoms with E-state index in [0.717, 1.165) is 0 Å². The lowest BCUT2D eigenvalue weighted by molar-refractivity contribution is 0.101. The van der Waals surface area contributed by atoms with Gasteiger partial charge in [0.05, 0.1) is 11.8 Å². The van der Waals surface area contributed by atoms with Crippen LogP contribution >= 0.6 is 11.6 Å². The minimum atomic E-state index is -4.04. The summed E-state index contributed by atoms with van der Waals surface area (Å²) in [5, 5.41) is 0.411. The Morgan fingerprint density at radius 1 is 1.04 bits per heavy atom. The number of allylic oxidation sites excluding steroid dienone is 1. The first kappa shape index (κ1) is 17.4. The van der Waals surface area contributed by atoms with Crippen molar-refractivity contribution in [3.63, 3.8) is 0 Å². The largest absolute Gasteiger partial charge is 0.465 e. The third-order valence-electron chi connectivity index (χ3n) is 3.77. The van der Waals surface area contributed by atoms with Crippen LogP contribution in [0.3, 0.4) is 0 Å². The second-order valence-electron chi connectivity index (χ2n) is 5.60. The summed E-state index contributed by atoms with van der Waals surface area (Å²) in [5.74, 6) is 0.455. The number of hydrogen-bond donors (Lipinski definition) is 0. The van der Waals surface area contributed by atoms with Crippen LogP contribution < -0.4 is 8.92 Å². The lowest BCUT2D eigenvalue weighted by atomic mass is 10.1. The van der Waals surface area contributed by atoms with E-state index in [2.05, 4.69) is 0 Å². The van der Waals surface area contributed by atoms with Crippen LogP contribution in [0.2, 0.25) is 5.02 Å². The van der Waals surface area contributed by atoms with E-state index in [1.54, 1.807) is 12.1 Å². The summed E-state index contributed by atoms with van der Waals surface area (Å²) in [5.41, 5.74) is 0.309. The van der Waals surface area contributed by atoms with Crippen LogP contribution in [0.5, 0.6) is 11.5 Å². The second-order valence-corrected chi connectivity index (χ2v) is 7.59. The standard InChI is InChI=1S/C19H11ClO6S/c20-12-3-6-15(7-4-12)27(22,23)26-14-5-8-16-17(11-14)25-18(19(16)21)10-13-2-1-9-24-13/h1-11H/b18-10-. The van der Waals surface area contributed by atoms with Gasteiger partial charge in [-0.1, -0.05) is 11.6 Å². The van der Waals surface area contributed by atoms with Crippen LogP contribution in [-0.4, -0.2) is 14.2 Å². The Hall–Kier alpha value is -3.03. The molecule has 0 fully saturated rings. The van der Waals surface area contributed by atoms with Gasteiger partial charge in [0.25, 0.3) is 0 Å². The molecule has 0 saturated heterocycles. The van der Waals surface area contributed by atoms with E-state index in [0.29, 0.717) is 16.3 Å². The first-order valence-electron chi connectivity index (χ1n) is 7.74. The molecule has 136 valence electrons. The van der Waals surface area contributed by atoms with Gasteiger partial charge in [-0.05, 0) is 48.5 Å². The number of furan rings is 1. The first-order chi connectivity index (χ1) is 12.9. The zero-order chi connectivity index (χ0) is 19.0. The molecule has 2 aromatic carbocycles. The molecule has 0 bridgehead atoms. The third kappa shape index (κ3) is 3.47. The quantitative estimate of drug-likeness (QED) is 0.477. The molecule has 27 heavy (non-hydrogen) atoms. The zero-order valence-corrected chi connectivity index (χ0v) is 15.2. The molecule has 0 radical (unpaired) electrons. The molecule has 2 heterocycles. The Labute approximate surface area is 159 Å². The molecule has 0 amide bonds. The highest BCUT2D eigenvalue weighted by atomic mass is 35.5. The summed E-state index contributed by atoms with van der Waals surface area (Å²) in [7, 11) is -4.04. The molecule has 4 rings (SSSR count). The fourth-order valence-corrected chi connectivity index (χ4v) is 3.55. The highest BCUT2D eigenvalue weighted by molar-refractivity contribution is 7.87. The maximum atomic E-state index is 12.4. The SMILES string of the molecule is O=C1/C(=C/c2ccco2)Oc2cc(OS(=O)(=O)c3ccc(Cl)cc3)ccc21. The smallest absolute Gasteiger partial charge is 0.339 e. The fraction of sp³-hybridized carbons (Fsp3) is 0. The van der Waals surface area contributed by atoms with Crippen molar-refractivity contribution in [1.29, 1.82) is 0 Å². The molecule has 1 aliphatic rings. The van der Waals surface area contributed by atoms with Crippen molar-refractivity contribution in [2.75, 3.05) is 0 Å². The molecule has 0 saturated carbocycles. The van der Waals surface area contributed by atoms with E-state index in [1.807, 2.05) is 0 Å². The van der Waals surface area contributed by atoms with Crippen LogP contribution in [0.15, 0.2) is 75.9 Å². The summed E-state index contributed by atoms with van der Waals surface area (Å²) in [6.07, 6.45) is 2.94. The Morgan fingerprint density at radius 2 is 1.81 bits per heavy atom. The summed E-state index contributed by atoms with van der Waals surface area (Å²) in [6, 6.07) is 13.2. The fourth-order valence-electron chi connectivity index (χ4n) is 2.50. The molecule has 1 aromatic heterocycles. The minimum absolute atomic E-state index is 0.0238. The van der Waals surface area contributed by atoms with Gasteiger partial charge in [-0.2, -0.15) is 8.42 Å². The Kier molecular flexibility index (Phi) is 4.25. The summed E-state index contributed by atoms with van der Waals surface area (Å²) < 4.78 is 40.5. The van der Waals surface area contributed by atoms with E-state index in [1.165, 1.54) is 54.8 Å². The lowest BCUT2D eigenvalue weighted by Crippen LogP contribution is -2.09. The normalized spacial score (nSPS) is 14.9. The summed E-state index contributed by atoms with van der Waals surface area (Å²) >= 11 is 5.77. The molecule has 0 atom stereocenters. The van der Waals surface area contributed by atoms with Crippen molar-refractivity contribution in [2.45, 2.75) is 4.90 Å². The van der Waals surface area contributed by atoms with Gasteiger partial charge in [0.15, 0.2) is 5.76 Å². The van der Waals surface area contributed by atoms with Gasteiger partial charge in [-0.15, -0.1) is 0 Å². The van der Waals surface area contributed by atoms with Crippen LogP contribution in [0.25, 0.3) is 6.08 Å². The third-order valence-corrected chi connectivity index (χ3v) is 5.28. The Bertz CT molecular complexity index is 1150. The number of Topliss-reactive ketones (excluding diaryl/α,β-unsaturated/α-hetero) is 1. The van der Waals surface area contributed by atoms with Crippen LogP contribution in [0.1, 0.15) is 16.1 Å². The van der Waals surface area contributed by atoms with Crippen molar-refractivity contribution in [3.05, 3.63) is 83.0 Å². The molecule has 6 nitrogen and oxygen atoms in total. The Morgan fingerprint density at radius 3 is 2.52 bits per heavy atom. The molecule has 0 unspecified atom stereocenters. The highest BCUT2D eigenvalue weighted by Crippen LogP contribution is 2.35. The molecular weight excluding hydrogens is 392 g/mol. The lowest BCUT2D eigenvalue weighted by Gasteiger charge is -2.08. The molecule has 0 N–H and O–H groups in total. The Balaban J connectivity index is 1.60. The topological polar surface area (TPSA) is 82.8 Å². The van der Waals surface area contributed by atoms with Gasteiger partial charge in [-0.3, -0.25) is 4.79 Å². The average Bonchev–Trinajstić information content (AvgIpc) is 3.24. The number of halogens is 1. The molecular formula is C19H11ClO6S. The van der Waals surface area contributed by atoms with Crippen molar-refractivity contribution in [2.24, 2.45) is 0 Å². The van der Waals surface area contributed by atoms with Crippen molar-refractivity contribution in [1.82, 2.24) is 0 Å².